The van der Waals surface area contributed by atoms with E-state index in [1.165, 1.54) is 0 Å². The molecule has 0 amide bonds. The van der Waals surface area contributed by atoms with E-state index in [-0.39, 0.29) is 6.10 Å². The van der Waals surface area contributed by atoms with Gasteiger partial charge in [0.05, 0.1) is 0 Å². The third-order valence-electron chi connectivity index (χ3n) is 1.42. The van der Waals surface area contributed by atoms with Crippen molar-refractivity contribution in [2.24, 2.45) is 0 Å². The topological polar surface area (TPSA) is 41.5 Å². The molecule has 2 rings (SSSR count). The number of aliphatic hydroxyl groups is 1. The first-order valence-electron chi connectivity index (χ1n) is 4.56. The number of aliphatic hydroxyl groups excluding tert-OH is 1. The fourth-order valence-electron chi connectivity index (χ4n) is 0.932. The molecule has 1 heterocycles. The zero-order valence-corrected chi connectivity index (χ0v) is 8.40. The van der Waals surface area contributed by atoms with Crippen LogP contribution in [0.15, 0.2) is 30.5 Å². The fraction of sp³-hybridized carbons (Fsp3) is 0.273. The van der Waals surface area contributed by atoms with Gasteiger partial charge in [-0.1, -0.05) is 18.2 Å². The number of hydrogen-bond donors (Lipinski definition) is 2. The highest BCUT2D eigenvalue weighted by Gasteiger charge is 2.01. The molecule has 0 saturated heterocycles. The maximum atomic E-state index is 8.06. The molecule has 1 aromatic carbocycles. The van der Waals surface area contributed by atoms with Crippen molar-refractivity contribution in [1.82, 2.24) is 5.48 Å². The van der Waals surface area contributed by atoms with E-state index in [1.807, 2.05) is 30.3 Å². The molecule has 0 fully saturated rings. The largest absolute Gasteiger partial charge is 0.394 e. The zero-order valence-electron chi connectivity index (χ0n) is 8.40. The molecule has 0 radical (unpaired) electrons. The van der Waals surface area contributed by atoms with E-state index >= 15 is 0 Å². The second kappa shape index (κ2) is 5.29. The Labute approximate surface area is 84.0 Å². The van der Waals surface area contributed by atoms with Gasteiger partial charge in [0.25, 0.3) is 0 Å². The van der Waals surface area contributed by atoms with Crippen molar-refractivity contribution in [3.05, 3.63) is 36.0 Å². The molecule has 1 aliphatic heterocycles. The second-order valence-corrected chi connectivity index (χ2v) is 3.18. The molecule has 0 spiro atoms. The Morgan fingerprint density at radius 3 is 2.57 bits per heavy atom. The summed E-state index contributed by atoms with van der Waals surface area (Å²) in [4.78, 5) is 5.09. The van der Waals surface area contributed by atoms with Crippen LogP contribution in [0.4, 0.5) is 0 Å². The molecule has 0 atom stereocenters. The third kappa shape index (κ3) is 3.49. The first kappa shape index (κ1) is 10.6. The van der Waals surface area contributed by atoms with Gasteiger partial charge in [0.15, 0.2) is 5.75 Å². The van der Waals surface area contributed by atoms with Crippen molar-refractivity contribution in [1.29, 1.82) is 0 Å². The van der Waals surface area contributed by atoms with Crippen molar-refractivity contribution < 1.29 is 9.94 Å². The number of para-hydroxylation sites is 1. The van der Waals surface area contributed by atoms with Gasteiger partial charge in [0.1, 0.15) is 0 Å². The Hall–Kier alpha value is -1.48. The van der Waals surface area contributed by atoms with Gasteiger partial charge in [-0.25, -0.2) is 5.48 Å². The zero-order chi connectivity index (χ0) is 10.4. The third-order valence-corrected chi connectivity index (χ3v) is 1.42. The van der Waals surface area contributed by atoms with Crippen LogP contribution in [0.5, 0.6) is 5.75 Å². The number of fused-ring (bicyclic) bond motifs is 1. The second-order valence-electron chi connectivity index (χ2n) is 3.18. The SMILES string of the molecule is C1=Cc2ccccc2ON1.CC(C)O. The molecule has 3 nitrogen and oxygen atoms in total. The molecule has 1 aliphatic rings. The maximum Gasteiger partial charge on any atom is 0.162 e. The number of hydrogen-bond acceptors (Lipinski definition) is 3. The molecule has 0 aromatic heterocycles. The van der Waals surface area contributed by atoms with Crippen LogP contribution < -0.4 is 10.3 Å². The Bertz CT molecular complexity index is 305. The lowest BCUT2D eigenvalue weighted by atomic mass is 10.2. The summed E-state index contributed by atoms with van der Waals surface area (Å²) in [7, 11) is 0. The van der Waals surface area contributed by atoms with Crippen LogP contribution in [0, 0.1) is 0 Å². The molecular weight excluding hydrogens is 178 g/mol. The molecule has 76 valence electrons. The Morgan fingerprint density at radius 1 is 1.29 bits per heavy atom. The summed E-state index contributed by atoms with van der Waals surface area (Å²) in [5.74, 6) is 0.880. The normalized spacial score (nSPS) is 12.0. The highest BCUT2D eigenvalue weighted by Crippen LogP contribution is 2.20. The standard InChI is InChI=1S/C8H7NO.C3H8O/c1-2-4-8-7(3-1)5-6-9-10-8;1-3(2)4/h1-6,9H;3-4H,1-2H3. The number of rotatable bonds is 0. The quantitative estimate of drug-likeness (QED) is 0.661. The van der Waals surface area contributed by atoms with E-state index in [0.717, 1.165) is 11.3 Å². The van der Waals surface area contributed by atoms with Crippen LogP contribution in [0.25, 0.3) is 6.08 Å². The van der Waals surface area contributed by atoms with Gasteiger partial charge in [-0.05, 0) is 26.0 Å². The minimum Gasteiger partial charge on any atom is -0.394 e. The molecular formula is C11H15NO2. The lowest BCUT2D eigenvalue weighted by Gasteiger charge is -2.11. The summed E-state index contributed by atoms with van der Waals surface area (Å²) in [5, 5.41) is 8.06. The lowest BCUT2D eigenvalue weighted by Crippen LogP contribution is -2.13. The number of benzene rings is 1. The van der Waals surface area contributed by atoms with Gasteiger partial charge < -0.3 is 9.94 Å². The fourth-order valence-corrected chi connectivity index (χ4v) is 0.932. The van der Waals surface area contributed by atoms with Crippen molar-refractivity contribution in [3.63, 3.8) is 0 Å². The summed E-state index contributed by atoms with van der Waals surface area (Å²) in [5.41, 5.74) is 3.77. The van der Waals surface area contributed by atoms with Crippen molar-refractivity contribution in [3.8, 4) is 5.75 Å². The van der Waals surface area contributed by atoms with Crippen LogP contribution in [-0.4, -0.2) is 11.2 Å². The molecule has 0 saturated carbocycles. The van der Waals surface area contributed by atoms with E-state index in [9.17, 15) is 0 Å². The molecule has 0 unspecified atom stereocenters. The molecule has 0 bridgehead atoms. The average Bonchev–Trinajstić information content (AvgIpc) is 2.17. The Kier molecular flexibility index (Phi) is 4.01. The van der Waals surface area contributed by atoms with Gasteiger partial charge in [0.2, 0.25) is 0 Å². The first-order chi connectivity index (χ1) is 6.70. The van der Waals surface area contributed by atoms with Gasteiger partial charge in [0, 0.05) is 17.9 Å². The van der Waals surface area contributed by atoms with Crippen LogP contribution in [0.1, 0.15) is 19.4 Å². The van der Waals surface area contributed by atoms with E-state index < -0.39 is 0 Å². The molecule has 1 aromatic rings. The van der Waals surface area contributed by atoms with E-state index in [1.54, 1.807) is 20.0 Å². The van der Waals surface area contributed by atoms with Gasteiger partial charge >= 0.3 is 0 Å². The lowest BCUT2D eigenvalue weighted by molar-refractivity contribution is 0.216. The molecule has 2 N–H and O–H groups in total. The molecule has 0 aliphatic carbocycles. The monoisotopic (exact) mass is 193 g/mol. The Balaban J connectivity index is 0.000000213. The Morgan fingerprint density at radius 2 is 1.93 bits per heavy atom. The van der Waals surface area contributed by atoms with Crippen molar-refractivity contribution in [2.75, 3.05) is 0 Å². The van der Waals surface area contributed by atoms with E-state index in [0.29, 0.717) is 0 Å². The minimum absolute atomic E-state index is 0.167. The summed E-state index contributed by atoms with van der Waals surface area (Å²) in [6, 6.07) is 7.86. The molecule has 14 heavy (non-hydrogen) atoms. The highest BCUT2D eigenvalue weighted by atomic mass is 16.6. The predicted molar refractivity (Wildman–Crippen MR) is 56.6 cm³/mol. The number of hydroxylamine groups is 1. The van der Waals surface area contributed by atoms with Gasteiger partial charge in [-0.2, -0.15) is 0 Å². The van der Waals surface area contributed by atoms with E-state index in [4.69, 9.17) is 9.94 Å². The van der Waals surface area contributed by atoms with Crippen LogP contribution in [-0.2, 0) is 0 Å². The van der Waals surface area contributed by atoms with Gasteiger partial charge in [-0.15, -0.1) is 0 Å². The van der Waals surface area contributed by atoms with E-state index in [2.05, 4.69) is 5.48 Å². The average molecular weight is 193 g/mol. The number of nitrogens with one attached hydrogen (secondary N) is 1. The summed E-state index contributed by atoms with van der Waals surface area (Å²) >= 11 is 0. The predicted octanol–water partition coefficient (Wildman–Crippen LogP) is 1.94. The van der Waals surface area contributed by atoms with Crippen molar-refractivity contribution in [2.45, 2.75) is 20.0 Å². The highest BCUT2D eigenvalue weighted by molar-refractivity contribution is 5.57. The minimum atomic E-state index is -0.167. The van der Waals surface area contributed by atoms with Crippen LogP contribution in [0.2, 0.25) is 0 Å². The van der Waals surface area contributed by atoms with Crippen LogP contribution in [0.3, 0.4) is 0 Å². The summed E-state index contributed by atoms with van der Waals surface area (Å²) < 4.78 is 0. The van der Waals surface area contributed by atoms with Crippen molar-refractivity contribution >= 4 is 6.08 Å². The van der Waals surface area contributed by atoms with Crippen LogP contribution >= 0.6 is 0 Å². The first-order valence-corrected chi connectivity index (χ1v) is 4.56. The summed E-state index contributed by atoms with van der Waals surface area (Å²) in [6.45, 7) is 3.44. The summed E-state index contributed by atoms with van der Waals surface area (Å²) in [6.07, 6.45) is 3.57. The van der Waals surface area contributed by atoms with Gasteiger partial charge in [-0.3, -0.25) is 0 Å². The molecule has 3 heteroatoms. The maximum absolute atomic E-state index is 8.06. The smallest absolute Gasteiger partial charge is 0.162 e.